The number of nitrogens with zero attached hydrogens (tertiary/aromatic N) is 1. The summed E-state index contributed by atoms with van der Waals surface area (Å²) in [4.78, 5) is 28.8. The molecule has 0 aliphatic carbocycles. The van der Waals surface area contributed by atoms with Crippen LogP contribution in [0.15, 0.2) is 24.5 Å². The minimum Gasteiger partial charge on any atom is -0.378 e. The van der Waals surface area contributed by atoms with Crippen LogP contribution in [-0.2, 0) is 20.9 Å². The zero-order chi connectivity index (χ0) is 17.4. The standard InChI is InChI=1S/C17H26N4O3/c1-12(2)8-14(21-17(23)15-11-24-7-6-19-15)16(22)20-10-13-4-3-5-18-9-13/h3-5,9,12,14-15,19H,6-8,10-11H2,1-2H3,(H,20,22)(H,21,23). The van der Waals surface area contributed by atoms with Gasteiger partial charge in [0.15, 0.2) is 0 Å². The molecular weight excluding hydrogens is 308 g/mol. The number of pyridine rings is 1. The minimum atomic E-state index is -0.558. The molecule has 2 amide bonds. The third-order valence-corrected chi connectivity index (χ3v) is 3.77. The van der Waals surface area contributed by atoms with E-state index in [4.69, 9.17) is 4.74 Å². The lowest BCUT2D eigenvalue weighted by atomic mass is 10.0. The third-order valence-electron chi connectivity index (χ3n) is 3.77. The summed E-state index contributed by atoms with van der Waals surface area (Å²) in [5, 5.41) is 8.81. The first kappa shape index (κ1) is 18.4. The molecule has 0 radical (unpaired) electrons. The van der Waals surface area contributed by atoms with E-state index in [2.05, 4.69) is 20.9 Å². The maximum absolute atomic E-state index is 12.5. The Morgan fingerprint density at radius 2 is 2.29 bits per heavy atom. The van der Waals surface area contributed by atoms with Crippen LogP contribution in [0.1, 0.15) is 25.8 Å². The maximum Gasteiger partial charge on any atom is 0.242 e. The predicted molar refractivity (Wildman–Crippen MR) is 90.1 cm³/mol. The monoisotopic (exact) mass is 334 g/mol. The first-order valence-corrected chi connectivity index (χ1v) is 8.34. The fourth-order valence-electron chi connectivity index (χ4n) is 2.52. The summed E-state index contributed by atoms with van der Waals surface area (Å²) in [6.45, 7) is 6.01. The summed E-state index contributed by atoms with van der Waals surface area (Å²) in [6.07, 6.45) is 3.98. The van der Waals surface area contributed by atoms with Crippen molar-refractivity contribution in [3.63, 3.8) is 0 Å². The highest BCUT2D eigenvalue weighted by Crippen LogP contribution is 2.07. The number of aromatic nitrogens is 1. The normalized spacial score (nSPS) is 18.9. The van der Waals surface area contributed by atoms with E-state index in [9.17, 15) is 9.59 Å². The van der Waals surface area contributed by atoms with Crippen LogP contribution in [0.2, 0.25) is 0 Å². The highest BCUT2D eigenvalue weighted by Gasteiger charge is 2.27. The Morgan fingerprint density at radius 1 is 1.46 bits per heavy atom. The van der Waals surface area contributed by atoms with Crippen molar-refractivity contribution in [3.8, 4) is 0 Å². The Labute approximate surface area is 142 Å². The molecule has 2 heterocycles. The topological polar surface area (TPSA) is 92.4 Å². The molecule has 1 aromatic heterocycles. The number of carbonyl (C=O) groups excluding carboxylic acids is 2. The SMILES string of the molecule is CC(C)CC(NC(=O)C1COCCN1)C(=O)NCc1cccnc1. The van der Waals surface area contributed by atoms with Crippen LogP contribution in [0, 0.1) is 5.92 Å². The van der Waals surface area contributed by atoms with Crippen LogP contribution >= 0.6 is 0 Å². The van der Waals surface area contributed by atoms with Crippen molar-refractivity contribution >= 4 is 11.8 Å². The van der Waals surface area contributed by atoms with E-state index in [0.29, 0.717) is 32.7 Å². The molecule has 7 heteroatoms. The Bertz CT molecular complexity index is 530. The first-order chi connectivity index (χ1) is 11.6. The fraction of sp³-hybridized carbons (Fsp3) is 0.588. The van der Waals surface area contributed by atoms with Gasteiger partial charge >= 0.3 is 0 Å². The van der Waals surface area contributed by atoms with Gasteiger partial charge in [-0.05, 0) is 24.0 Å². The van der Waals surface area contributed by atoms with Crippen LogP contribution in [0.5, 0.6) is 0 Å². The summed E-state index contributed by atoms with van der Waals surface area (Å²) in [7, 11) is 0. The molecule has 1 aliphatic heterocycles. The van der Waals surface area contributed by atoms with Gasteiger partial charge in [-0.15, -0.1) is 0 Å². The van der Waals surface area contributed by atoms with Gasteiger partial charge in [0.05, 0.1) is 13.2 Å². The first-order valence-electron chi connectivity index (χ1n) is 8.34. The molecule has 1 aromatic rings. The van der Waals surface area contributed by atoms with Gasteiger partial charge < -0.3 is 20.7 Å². The van der Waals surface area contributed by atoms with Gasteiger partial charge in [-0.25, -0.2) is 0 Å². The quantitative estimate of drug-likeness (QED) is 0.663. The smallest absolute Gasteiger partial charge is 0.242 e. The Hall–Kier alpha value is -1.99. The molecule has 1 aliphatic rings. The fourth-order valence-corrected chi connectivity index (χ4v) is 2.52. The Kier molecular flexibility index (Phi) is 7.14. The van der Waals surface area contributed by atoms with Crippen molar-refractivity contribution in [2.45, 2.75) is 38.9 Å². The Balaban J connectivity index is 1.90. The molecule has 7 nitrogen and oxygen atoms in total. The van der Waals surface area contributed by atoms with Gasteiger partial charge in [0, 0.05) is 25.5 Å². The average molecular weight is 334 g/mol. The predicted octanol–water partition coefficient (Wildman–Crippen LogP) is 0.217. The van der Waals surface area contributed by atoms with Crippen molar-refractivity contribution in [1.29, 1.82) is 0 Å². The zero-order valence-electron chi connectivity index (χ0n) is 14.2. The molecule has 24 heavy (non-hydrogen) atoms. The van der Waals surface area contributed by atoms with E-state index in [1.165, 1.54) is 0 Å². The molecule has 0 spiro atoms. The molecule has 2 rings (SSSR count). The molecule has 1 saturated heterocycles. The Morgan fingerprint density at radius 3 is 2.92 bits per heavy atom. The summed E-state index contributed by atoms with van der Waals surface area (Å²) >= 11 is 0. The molecule has 2 atom stereocenters. The van der Waals surface area contributed by atoms with Crippen LogP contribution in [-0.4, -0.2) is 48.6 Å². The van der Waals surface area contributed by atoms with E-state index in [1.807, 2.05) is 26.0 Å². The van der Waals surface area contributed by atoms with Crippen LogP contribution in [0.25, 0.3) is 0 Å². The largest absolute Gasteiger partial charge is 0.378 e. The van der Waals surface area contributed by atoms with E-state index in [1.54, 1.807) is 12.4 Å². The summed E-state index contributed by atoms with van der Waals surface area (Å²) < 4.78 is 5.30. The van der Waals surface area contributed by atoms with E-state index < -0.39 is 12.1 Å². The molecular formula is C17H26N4O3. The molecule has 1 fully saturated rings. The van der Waals surface area contributed by atoms with Gasteiger partial charge in [-0.1, -0.05) is 19.9 Å². The van der Waals surface area contributed by atoms with Crippen molar-refractivity contribution in [3.05, 3.63) is 30.1 Å². The van der Waals surface area contributed by atoms with E-state index in [-0.39, 0.29) is 17.7 Å². The number of rotatable bonds is 7. The highest BCUT2D eigenvalue weighted by atomic mass is 16.5. The van der Waals surface area contributed by atoms with E-state index in [0.717, 1.165) is 5.56 Å². The highest BCUT2D eigenvalue weighted by molar-refractivity contribution is 5.89. The summed E-state index contributed by atoms with van der Waals surface area (Å²) in [5.74, 6) is -0.0930. The van der Waals surface area contributed by atoms with Gasteiger partial charge in [0.25, 0.3) is 0 Å². The number of carbonyl (C=O) groups is 2. The lowest BCUT2D eigenvalue weighted by molar-refractivity contribution is -0.132. The van der Waals surface area contributed by atoms with Crippen molar-refractivity contribution in [2.75, 3.05) is 19.8 Å². The molecule has 0 saturated carbocycles. The lowest BCUT2D eigenvalue weighted by Gasteiger charge is -2.26. The van der Waals surface area contributed by atoms with Crippen molar-refractivity contribution in [2.24, 2.45) is 5.92 Å². The second kappa shape index (κ2) is 9.34. The maximum atomic E-state index is 12.5. The third kappa shape index (κ3) is 5.90. The average Bonchev–Trinajstić information content (AvgIpc) is 2.60. The number of ether oxygens (including phenoxy) is 1. The van der Waals surface area contributed by atoms with Gasteiger partial charge in [0.1, 0.15) is 12.1 Å². The van der Waals surface area contributed by atoms with Gasteiger partial charge in [-0.3, -0.25) is 14.6 Å². The van der Waals surface area contributed by atoms with Crippen LogP contribution < -0.4 is 16.0 Å². The van der Waals surface area contributed by atoms with Crippen LogP contribution in [0.3, 0.4) is 0 Å². The molecule has 3 N–H and O–H groups in total. The van der Waals surface area contributed by atoms with Crippen LogP contribution in [0.4, 0.5) is 0 Å². The molecule has 132 valence electrons. The van der Waals surface area contributed by atoms with E-state index >= 15 is 0 Å². The summed E-state index contributed by atoms with van der Waals surface area (Å²) in [6, 6.07) is 2.76. The number of hydrogen-bond donors (Lipinski definition) is 3. The molecule has 0 aromatic carbocycles. The second-order valence-corrected chi connectivity index (χ2v) is 6.35. The second-order valence-electron chi connectivity index (χ2n) is 6.35. The van der Waals surface area contributed by atoms with Crippen molar-refractivity contribution < 1.29 is 14.3 Å². The summed E-state index contributed by atoms with van der Waals surface area (Å²) in [5.41, 5.74) is 0.919. The zero-order valence-corrected chi connectivity index (χ0v) is 14.2. The minimum absolute atomic E-state index is 0.183. The number of hydrogen-bond acceptors (Lipinski definition) is 5. The van der Waals surface area contributed by atoms with Gasteiger partial charge in [0.2, 0.25) is 11.8 Å². The number of morpholine rings is 1. The van der Waals surface area contributed by atoms with Gasteiger partial charge in [-0.2, -0.15) is 0 Å². The number of nitrogens with one attached hydrogen (secondary N) is 3. The van der Waals surface area contributed by atoms with Crippen molar-refractivity contribution in [1.82, 2.24) is 20.9 Å². The molecule has 0 bridgehead atoms. The number of amides is 2. The lowest BCUT2D eigenvalue weighted by Crippen LogP contribution is -2.56. The molecule has 2 unspecified atom stereocenters.